The molecule has 0 aliphatic carbocycles. The lowest BCUT2D eigenvalue weighted by Gasteiger charge is -2.10. The summed E-state index contributed by atoms with van der Waals surface area (Å²) >= 11 is 0. The molecule has 0 aromatic carbocycles. The first-order chi connectivity index (χ1) is 8.20. The molecular formula is C13H26O4. The summed E-state index contributed by atoms with van der Waals surface area (Å²) < 4.78 is 9.65. The molecule has 4 heteroatoms. The van der Waals surface area contributed by atoms with Crippen LogP contribution in [0.1, 0.15) is 51.9 Å². The zero-order valence-corrected chi connectivity index (χ0v) is 11.1. The molecule has 1 atom stereocenters. The van der Waals surface area contributed by atoms with E-state index in [2.05, 4.69) is 6.92 Å². The summed E-state index contributed by atoms with van der Waals surface area (Å²) in [6, 6.07) is 0. The van der Waals surface area contributed by atoms with Gasteiger partial charge >= 0.3 is 5.97 Å². The zero-order chi connectivity index (χ0) is 12.9. The summed E-state index contributed by atoms with van der Waals surface area (Å²) in [5.74, 6) is -0.226. The lowest BCUT2D eigenvalue weighted by atomic mass is 10.1. The molecule has 0 aromatic rings. The molecule has 0 heterocycles. The SMILES string of the molecule is CCCCCCCCC(=O)OCC(O)COC. The second kappa shape index (κ2) is 11.9. The highest BCUT2D eigenvalue weighted by Gasteiger charge is 2.08. The summed E-state index contributed by atoms with van der Waals surface area (Å²) in [4.78, 5) is 11.3. The van der Waals surface area contributed by atoms with Crippen molar-refractivity contribution in [3.05, 3.63) is 0 Å². The van der Waals surface area contributed by atoms with Gasteiger partial charge in [-0.05, 0) is 6.42 Å². The second-order valence-electron chi connectivity index (χ2n) is 4.31. The van der Waals surface area contributed by atoms with E-state index < -0.39 is 6.10 Å². The average Bonchev–Trinajstić information content (AvgIpc) is 2.31. The summed E-state index contributed by atoms with van der Waals surface area (Å²) in [6.45, 7) is 2.41. The van der Waals surface area contributed by atoms with E-state index in [-0.39, 0.29) is 19.2 Å². The number of unbranched alkanes of at least 4 members (excludes halogenated alkanes) is 5. The topological polar surface area (TPSA) is 55.8 Å². The summed E-state index contributed by atoms with van der Waals surface area (Å²) in [6.07, 6.45) is 6.64. The first kappa shape index (κ1) is 16.4. The van der Waals surface area contributed by atoms with E-state index in [9.17, 15) is 9.90 Å². The van der Waals surface area contributed by atoms with E-state index in [1.165, 1.54) is 32.8 Å². The molecule has 102 valence electrons. The molecule has 0 rings (SSSR count). The number of carbonyl (C=O) groups excluding carboxylic acids is 1. The molecule has 0 saturated heterocycles. The zero-order valence-electron chi connectivity index (χ0n) is 11.1. The van der Waals surface area contributed by atoms with Gasteiger partial charge < -0.3 is 14.6 Å². The van der Waals surface area contributed by atoms with Gasteiger partial charge in [0.1, 0.15) is 12.7 Å². The molecule has 1 N–H and O–H groups in total. The van der Waals surface area contributed by atoms with Gasteiger partial charge in [0.25, 0.3) is 0 Å². The van der Waals surface area contributed by atoms with Gasteiger partial charge in [0, 0.05) is 13.5 Å². The number of ether oxygens (including phenoxy) is 2. The fourth-order valence-corrected chi connectivity index (χ4v) is 1.55. The van der Waals surface area contributed by atoms with Crippen molar-refractivity contribution in [2.45, 2.75) is 58.0 Å². The normalized spacial score (nSPS) is 12.4. The third-order valence-electron chi connectivity index (χ3n) is 2.53. The maximum atomic E-state index is 11.3. The molecule has 0 aliphatic rings. The second-order valence-corrected chi connectivity index (χ2v) is 4.31. The lowest BCUT2D eigenvalue weighted by molar-refractivity contribution is -0.147. The molecule has 0 spiro atoms. The number of methoxy groups -OCH3 is 1. The van der Waals surface area contributed by atoms with Crippen LogP contribution < -0.4 is 0 Å². The van der Waals surface area contributed by atoms with Crippen molar-refractivity contribution < 1.29 is 19.4 Å². The smallest absolute Gasteiger partial charge is 0.305 e. The first-order valence-electron chi connectivity index (χ1n) is 6.53. The van der Waals surface area contributed by atoms with E-state index >= 15 is 0 Å². The van der Waals surface area contributed by atoms with Crippen molar-refractivity contribution in [3.63, 3.8) is 0 Å². The Bertz CT molecular complexity index is 182. The fourth-order valence-electron chi connectivity index (χ4n) is 1.55. The molecule has 4 nitrogen and oxygen atoms in total. The Kier molecular flexibility index (Phi) is 11.4. The molecule has 1 unspecified atom stereocenters. The van der Waals surface area contributed by atoms with Crippen LogP contribution in [0.4, 0.5) is 0 Å². The monoisotopic (exact) mass is 246 g/mol. The Labute approximate surface area is 104 Å². The maximum Gasteiger partial charge on any atom is 0.305 e. The van der Waals surface area contributed by atoms with Crippen molar-refractivity contribution in [2.75, 3.05) is 20.3 Å². The van der Waals surface area contributed by atoms with Crippen LogP contribution in [-0.2, 0) is 14.3 Å². The summed E-state index contributed by atoms with van der Waals surface area (Å²) in [7, 11) is 1.50. The lowest BCUT2D eigenvalue weighted by Crippen LogP contribution is -2.22. The Balaban J connectivity index is 3.28. The quantitative estimate of drug-likeness (QED) is 0.449. The molecule has 0 fully saturated rings. The molecule has 0 bridgehead atoms. The highest BCUT2D eigenvalue weighted by atomic mass is 16.5. The Hall–Kier alpha value is -0.610. The standard InChI is InChI=1S/C13H26O4/c1-3-4-5-6-7-8-9-13(15)17-11-12(14)10-16-2/h12,14H,3-11H2,1-2H3. The highest BCUT2D eigenvalue weighted by molar-refractivity contribution is 5.69. The number of aliphatic hydroxyl groups excluding tert-OH is 1. The van der Waals surface area contributed by atoms with Gasteiger partial charge in [0.05, 0.1) is 6.61 Å². The molecule has 0 saturated carbocycles. The molecular weight excluding hydrogens is 220 g/mol. The average molecular weight is 246 g/mol. The Morgan fingerprint density at radius 3 is 2.41 bits per heavy atom. The van der Waals surface area contributed by atoms with Crippen LogP contribution in [0.3, 0.4) is 0 Å². The van der Waals surface area contributed by atoms with Crippen LogP contribution in [0.15, 0.2) is 0 Å². The summed E-state index contributed by atoms with van der Waals surface area (Å²) in [5, 5.41) is 9.26. The molecule has 0 aromatic heterocycles. The minimum atomic E-state index is -0.714. The largest absolute Gasteiger partial charge is 0.463 e. The maximum absolute atomic E-state index is 11.3. The number of esters is 1. The van der Waals surface area contributed by atoms with Crippen molar-refractivity contribution >= 4 is 5.97 Å². The van der Waals surface area contributed by atoms with Gasteiger partial charge in [0.2, 0.25) is 0 Å². The van der Waals surface area contributed by atoms with Crippen LogP contribution in [0.5, 0.6) is 0 Å². The van der Waals surface area contributed by atoms with Gasteiger partial charge in [0.15, 0.2) is 0 Å². The van der Waals surface area contributed by atoms with Crippen LogP contribution in [0, 0.1) is 0 Å². The van der Waals surface area contributed by atoms with Gasteiger partial charge in [-0.25, -0.2) is 0 Å². The first-order valence-corrected chi connectivity index (χ1v) is 6.53. The van der Waals surface area contributed by atoms with E-state index in [0.29, 0.717) is 6.42 Å². The van der Waals surface area contributed by atoms with Crippen molar-refractivity contribution in [1.29, 1.82) is 0 Å². The Morgan fingerprint density at radius 2 is 1.76 bits per heavy atom. The van der Waals surface area contributed by atoms with Gasteiger partial charge in [-0.15, -0.1) is 0 Å². The molecule has 0 amide bonds. The van der Waals surface area contributed by atoms with Crippen molar-refractivity contribution in [2.24, 2.45) is 0 Å². The minimum absolute atomic E-state index is 0.0303. The van der Waals surface area contributed by atoms with E-state index in [4.69, 9.17) is 9.47 Å². The van der Waals surface area contributed by atoms with Crippen LogP contribution >= 0.6 is 0 Å². The van der Waals surface area contributed by atoms with Gasteiger partial charge in [-0.1, -0.05) is 39.0 Å². The predicted octanol–water partition coefficient (Wildman–Crippen LogP) is 2.29. The van der Waals surface area contributed by atoms with E-state index in [0.717, 1.165) is 12.8 Å². The Morgan fingerprint density at radius 1 is 1.12 bits per heavy atom. The fraction of sp³-hybridized carbons (Fsp3) is 0.923. The molecule has 0 radical (unpaired) electrons. The molecule has 17 heavy (non-hydrogen) atoms. The third kappa shape index (κ3) is 11.6. The van der Waals surface area contributed by atoms with Crippen molar-refractivity contribution in [1.82, 2.24) is 0 Å². The number of hydrogen-bond acceptors (Lipinski definition) is 4. The predicted molar refractivity (Wildman–Crippen MR) is 66.8 cm³/mol. The van der Waals surface area contributed by atoms with E-state index in [1.807, 2.05) is 0 Å². The molecule has 0 aliphatic heterocycles. The van der Waals surface area contributed by atoms with Crippen LogP contribution in [0.25, 0.3) is 0 Å². The number of hydrogen-bond donors (Lipinski definition) is 1. The third-order valence-corrected chi connectivity index (χ3v) is 2.53. The van der Waals surface area contributed by atoms with E-state index in [1.54, 1.807) is 0 Å². The van der Waals surface area contributed by atoms with Crippen LogP contribution in [0.2, 0.25) is 0 Å². The van der Waals surface area contributed by atoms with Gasteiger partial charge in [-0.2, -0.15) is 0 Å². The number of rotatable bonds is 11. The highest BCUT2D eigenvalue weighted by Crippen LogP contribution is 2.07. The number of aliphatic hydroxyl groups is 1. The minimum Gasteiger partial charge on any atom is -0.463 e. The van der Waals surface area contributed by atoms with Crippen LogP contribution in [-0.4, -0.2) is 37.5 Å². The van der Waals surface area contributed by atoms with Gasteiger partial charge in [-0.3, -0.25) is 4.79 Å². The summed E-state index contributed by atoms with van der Waals surface area (Å²) in [5.41, 5.74) is 0. The number of carbonyl (C=O) groups is 1. The van der Waals surface area contributed by atoms with Crippen molar-refractivity contribution in [3.8, 4) is 0 Å².